The van der Waals surface area contributed by atoms with Gasteiger partial charge in [0.1, 0.15) is 11.6 Å². The van der Waals surface area contributed by atoms with Crippen molar-refractivity contribution in [2.45, 2.75) is 25.7 Å². The fraction of sp³-hybridized carbons (Fsp3) is 0.529. The molecule has 1 amide bonds. The summed E-state index contributed by atoms with van der Waals surface area (Å²) in [6.45, 7) is 2.65. The van der Waals surface area contributed by atoms with Gasteiger partial charge in [0, 0.05) is 19.0 Å². The summed E-state index contributed by atoms with van der Waals surface area (Å²) < 4.78 is 27.1. The van der Waals surface area contributed by atoms with Crippen LogP contribution in [0.2, 0.25) is 0 Å². The Labute approximate surface area is 133 Å². The summed E-state index contributed by atoms with van der Waals surface area (Å²) in [4.78, 5) is 25.3. The average molecular weight is 323 g/mol. The van der Waals surface area contributed by atoms with E-state index in [9.17, 15) is 23.5 Å². The molecule has 1 saturated heterocycles. The number of benzene rings is 1. The smallest absolute Gasteiger partial charge is 0.308 e. The minimum atomic E-state index is -0.891. The molecule has 1 aliphatic carbocycles. The van der Waals surface area contributed by atoms with Crippen LogP contribution in [0, 0.1) is 29.4 Å². The molecule has 1 N–H and O–H groups in total. The van der Waals surface area contributed by atoms with Crippen molar-refractivity contribution in [3.8, 4) is 0 Å². The Kier molecular flexibility index (Phi) is 4.08. The van der Waals surface area contributed by atoms with Crippen molar-refractivity contribution in [2.75, 3.05) is 13.1 Å². The molecule has 124 valence electrons. The Morgan fingerprint density at radius 1 is 1.22 bits per heavy atom. The molecule has 4 unspecified atom stereocenters. The number of piperidine rings is 1. The van der Waals surface area contributed by atoms with Crippen molar-refractivity contribution in [3.63, 3.8) is 0 Å². The van der Waals surface area contributed by atoms with Gasteiger partial charge in [0.2, 0.25) is 5.91 Å². The van der Waals surface area contributed by atoms with Gasteiger partial charge in [0.05, 0.1) is 5.92 Å². The number of rotatable bonds is 3. The van der Waals surface area contributed by atoms with Crippen LogP contribution in [0.15, 0.2) is 18.2 Å². The van der Waals surface area contributed by atoms with Crippen molar-refractivity contribution in [2.24, 2.45) is 17.8 Å². The van der Waals surface area contributed by atoms with Crippen molar-refractivity contribution in [1.29, 1.82) is 0 Å². The number of hydrogen-bond acceptors (Lipinski definition) is 2. The molecule has 2 fully saturated rings. The molecule has 1 saturated carbocycles. The van der Waals surface area contributed by atoms with Crippen LogP contribution in [-0.2, 0) is 9.59 Å². The number of hydrogen-bond donors (Lipinski definition) is 1. The van der Waals surface area contributed by atoms with Gasteiger partial charge in [0.15, 0.2) is 0 Å². The van der Waals surface area contributed by atoms with E-state index in [1.54, 1.807) is 4.90 Å². The van der Waals surface area contributed by atoms with Gasteiger partial charge in [-0.2, -0.15) is 0 Å². The number of halogens is 2. The first-order valence-electron chi connectivity index (χ1n) is 7.83. The van der Waals surface area contributed by atoms with E-state index in [-0.39, 0.29) is 35.8 Å². The minimum absolute atomic E-state index is 0.122. The maximum absolute atomic E-state index is 13.8. The van der Waals surface area contributed by atoms with Crippen LogP contribution in [0.3, 0.4) is 0 Å². The van der Waals surface area contributed by atoms with Crippen LogP contribution in [0.5, 0.6) is 0 Å². The Morgan fingerprint density at radius 2 is 1.96 bits per heavy atom. The Bertz CT molecular complexity index is 649. The van der Waals surface area contributed by atoms with E-state index in [1.807, 2.05) is 6.92 Å². The Morgan fingerprint density at radius 3 is 2.65 bits per heavy atom. The average Bonchev–Trinajstić information content (AvgIpc) is 3.28. The van der Waals surface area contributed by atoms with E-state index in [0.29, 0.717) is 19.4 Å². The lowest BCUT2D eigenvalue weighted by Gasteiger charge is -2.35. The maximum Gasteiger partial charge on any atom is 0.308 e. The molecule has 2 aliphatic rings. The molecule has 4 nitrogen and oxygen atoms in total. The van der Waals surface area contributed by atoms with Crippen LogP contribution in [-0.4, -0.2) is 35.0 Å². The molecule has 3 rings (SSSR count). The standard InChI is InChI=1S/C17H19F2NO3/c1-9-4-10(17(22)23)8-20(7-9)16(21)14-6-12(14)13-5-11(18)2-3-15(13)19/h2-3,5,9-10,12,14H,4,6-8H2,1H3,(H,22,23). The second kappa shape index (κ2) is 5.91. The van der Waals surface area contributed by atoms with Crippen LogP contribution in [0.1, 0.15) is 31.2 Å². The number of aliphatic carboxylic acids is 1. The van der Waals surface area contributed by atoms with Gasteiger partial charge in [-0.05, 0) is 48.4 Å². The lowest BCUT2D eigenvalue weighted by Crippen LogP contribution is -2.46. The molecule has 1 aromatic rings. The molecule has 0 bridgehead atoms. The molecular weight excluding hydrogens is 304 g/mol. The quantitative estimate of drug-likeness (QED) is 0.930. The number of carbonyl (C=O) groups is 2. The molecule has 1 aliphatic heterocycles. The number of carboxylic acid groups (broad SMARTS) is 1. The SMILES string of the molecule is CC1CC(C(=O)O)CN(C(=O)C2CC2c2cc(F)ccc2F)C1. The van der Waals surface area contributed by atoms with E-state index in [0.717, 1.165) is 18.2 Å². The van der Waals surface area contributed by atoms with E-state index in [4.69, 9.17) is 0 Å². The molecule has 1 heterocycles. The van der Waals surface area contributed by atoms with E-state index < -0.39 is 23.5 Å². The minimum Gasteiger partial charge on any atom is -0.481 e. The molecule has 1 aromatic carbocycles. The summed E-state index contributed by atoms with van der Waals surface area (Å²) in [7, 11) is 0. The van der Waals surface area contributed by atoms with Gasteiger partial charge in [-0.3, -0.25) is 9.59 Å². The van der Waals surface area contributed by atoms with Gasteiger partial charge in [-0.25, -0.2) is 8.78 Å². The van der Waals surface area contributed by atoms with Crippen molar-refractivity contribution in [1.82, 2.24) is 4.90 Å². The summed E-state index contributed by atoms with van der Waals surface area (Å²) in [6.07, 6.45) is 1.05. The highest BCUT2D eigenvalue weighted by atomic mass is 19.1. The van der Waals surface area contributed by atoms with Crippen LogP contribution < -0.4 is 0 Å². The van der Waals surface area contributed by atoms with Crippen LogP contribution >= 0.6 is 0 Å². The summed E-state index contributed by atoms with van der Waals surface area (Å²) >= 11 is 0. The molecular formula is C17H19F2NO3. The maximum atomic E-state index is 13.8. The largest absolute Gasteiger partial charge is 0.481 e. The molecule has 4 atom stereocenters. The van der Waals surface area contributed by atoms with E-state index in [2.05, 4.69) is 0 Å². The lowest BCUT2D eigenvalue weighted by molar-refractivity contribution is -0.147. The van der Waals surface area contributed by atoms with Crippen LogP contribution in [0.25, 0.3) is 0 Å². The first-order valence-corrected chi connectivity index (χ1v) is 7.83. The van der Waals surface area contributed by atoms with E-state index >= 15 is 0 Å². The van der Waals surface area contributed by atoms with E-state index in [1.165, 1.54) is 0 Å². The Balaban J connectivity index is 1.70. The zero-order valence-electron chi connectivity index (χ0n) is 12.8. The van der Waals surface area contributed by atoms with Gasteiger partial charge < -0.3 is 10.0 Å². The zero-order valence-corrected chi connectivity index (χ0v) is 12.8. The zero-order chi connectivity index (χ0) is 16.7. The highest BCUT2D eigenvalue weighted by molar-refractivity contribution is 5.84. The third kappa shape index (κ3) is 3.21. The summed E-state index contributed by atoms with van der Waals surface area (Å²) in [5.74, 6) is -3.15. The highest BCUT2D eigenvalue weighted by Gasteiger charge is 2.48. The number of carbonyl (C=O) groups excluding carboxylic acids is 1. The fourth-order valence-corrected chi connectivity index (χ4v) is 3.56. The Hall–Kier alpha value is -1.98. The third-order valence-corrected chi connectivity index (χ3v) is 4.79. The summed E-state index contributed by atoms with van der Waals surface area (Å²) in [5.41, 5.74) is 0.239. The van der Waals surface area contributed by atoms with Crippen LogP contribution in [0.4, 0.5) is 8.78 Å². The predicted octanol–water partition coefficient (Wildman–Crippen LogP) is 2.64. The normalized spacial score (nSPS) is 30.1. The first-order chi connectivity index (χ1) is 10.9. The number of carboxylic acids is 1. The molecule has 0 aromatic heterocycles. The monoisotopic (exact) mass is 323 g/mol. The summed E-state index contributed by atoms with van der Waals surface area (Å²) in [6, 6.07) is 3.28. The second-order valence-electron chi connectivity index (χ2n) is 6.73. The number of amides is 1. The second-order valence-corrected chi connectivity index (χ2v) is 6.73. The first kappa shape index (κ1) is 15.9. The molecule has 0 radical (unpaired) electrons. The number of nitrogens with zero attached hydrogens (tertiary/aromatic N) is 1. The fourth-order valence-electron chi connectivity index (χ4n) is 3.56. The van der Waals surface area contributed by atoms with Gasteiger partial charge >= 0.3 is 5.97 Å². The van der Waals surface area contributed by atoms with Gasteiger partial charge in [-0.1, -0.05) is 6.92 Å². The number of likely N-dealkylation sites (tertiary alicyclic amines) is 1. The molecule has 6 heteroatoms. The predicted molar refractivity (Wildman–Crippen MR) is 78.7 cm³/mol. The molecule has 23 heavy (non-hydrogen) atoms. The topological polar surface area (TPSA) is 57.6 Å². The third-order valence-electron chi connectivity index (χ3n) is 4.79. The lowest BCUT2D eigenvalue weighted by atomic mass is 9.90. The highest BCUT2D eigenvalue weighted by Crippen LogP contribution is 2.49. The summed E-state index contributed by atoms with van der Waals surface area (Å²) in [5, 5.41) is 9.18. The van der Waals surface area contributed by atoms with Crippen molar-refractivity contribution < 1.29 is 23.5 Å². The van der Waals surface area contributed by atoms with Crippen molar-refractivity contribution in [3.05, 3.63) is 35.4 Å². The van der Waals surface area contributed by atoms with Gasteiger partial charge in [-0.15, -0.1) is 0 Å². The van der Waals surface area contributed by atoms with Crippen molar-refractivity contribution >= 4 is 11.9 Å². The van der Waals surface area contributed by atoms with Gasteiger partial charge in [0.25, 0.3) is 0 Å². The molecule has 0 spiro atoms.